The second-order valence-electron chi connectivity index (χ2n) is 9.84. The van der Waals surface area contributed by atoms with Gasteiger partial charge in [-0.2, -0.15) is 0 Å². The van der Waals surface area contributed by atoms with E-state index in [0.29, 0.717) is 16.8 Å². The smallest absolute Gasteiger partial charge is 0.281 e. The third-order valence-corrected chi connectivity index (χ3v) is 7.34. The van der Waals surface area contributed by atoms with Gasteiger partial charge in [-0.05, 0) is 53.8 Å². The zero-order valence-electron chi connectivity index (χ0n) is 21.0. The van der Waals surface area contributed by atoms with E-state index in [0.717, 1.165) is 42.4 Å². The third-order valence-electron chi connectivity index (χ3n) is 7.34. The van der Waals surface area contributed by atoms with Crippen molar-refractivity contribution in [2.24, 2.45) is 0 Å². The lowest BCUT2D eigenvalue weighted by molar-refractivity contribution is -0.124. The van der Waals surface area contributed by atoms with Crippen molar-refractivity contribution in [1.82, 2.24) is 14.9 Å². The molecular weight excluding hydrogens is 474 g/mol. The minimum atomic E-state index is -0.865. The molecule has 6 heteroatoms. The molecule has 3 aromatic carbocycles. The van der Waals surface area contributed by atoms with Crippen LogP contribution in [0.15, 0.2) is 106 Å². The summed E-state index contributed by atoms with van der Waals surface area (Å²) >= 11 is 0. The summed E-state index contributed by atoms with van der Waals surface area (Å²) < 4.78 is 7.14. The van der Waals surface area contributed by atoms with E-state index in [-0.39, 0.29) is 23.2 Å². The number of hydrogen-bond acceptors (Lipinski definition) is 4. The van der Waals surface area contributed by atoms with Gasteiger partial charge in [-0.3, -0.25) is 14.2 Å². The van der Waals surface area contributed by atoms with Crippen LogP contribution in [-0.2, 0) is 4.79 Å². The number of nitrogens with zero attached hydrogens (tertiary/aromatic N) is 2. The van der Waals surface area contributed by atoms with E-state index in [4.69, 9.17) is 4.42 Å². The highest BCUT2D eigenvalue weighted by molar-refractivity contribution is 5.87. The minimum absolute atomic E-state index is 0.107. The van der Waals surface area contributed by atoms with Crippen LogP contribution in [0.1, 0.15) is 43.7 Å². The molecule has 0 radical (unpaired) electrons. The van der Waals surface area contributed by atoms with Crippen molar-refractivity contribution in [1.29, 1.82) is 0 Å². The van der Waals surface area contributed by atoms with Crippen LogP contribution >= 0.6 is 0 Å². The van der Waals surface area contributed by atoms with Gasteiger partial charge in [0.05, 0.1) is 17.3 Å². The number of furan rings is 1. The van der Waals surface area contributed by atoms with Gasteiger partial charge in [-0.1, -0.05) is 86.0 Å². The number of aromatic nitrogens is 2. The fourth-order valence-corrected chi connectivity index (χ4v) is 5.42. The van der Waals surface area contributed by atoms with Gasteiger partial charge < -0.3 is 9.73 Å². The Bertz CT molecular complexity index is 1600. The molecule has 0 bridgehead atoms. The summed E-state index contributed by atoms with van der Waals surface area (Å²) in [5.74, 6) is 0.188. The number of nitrogens with one attached hydrogen (secondary N) is 1. The second-order valence-corrected chi connectivity index (χ2v) is 9.84. The number of para-hydroxylation sites is 2. The minimum Gasteiger partial charge on any atom is -0.463 e. The van der Waals surface area contributed by atoms with E-state index in [1.54, 1.807) is 16.7 Å². The molecule has 1 fully saturated rings. The van der Waals surface area contributed by atoms with Crippen molar-refractivity contribution >= 4 is 16.9 Å². The van der Waals surface area contributed by atoms with E-state index in [9.17, 15) is 9.59 Å². The lowest BCUT2D eigenvalue weighted by Gasteiger charge is -2.27. The predicted molar refractivity (Wildman–Crippen MR) is 149 cm³/mol. The van der Waals surface area contributed by atoms with E-state index in [1.165, 1.54) is 12.7 Å². The Morgan fingerprint density at radius 3 is 2.29 bits per heavy atom. The molecular formula is C32H29N3O3. The number of hydrogen-bond donors (Lipinski definition) is 1. The maximum absolute atomic E-state index is 14.0. The summed E-state index contributed by atoms with van der Waals surface area (Å²) in [5, 5.41) is 3.27. The topological polar surface area (TPSA) is 77.1 Å². The second kappa shape index (κ2) is 10.5. The van der Waals surface area contributed by atoms with Crippen LogP contribution in [0.4, 0.5) is 0 Å². The predicted octanol–water partition coefficient (Wildman–Crippen LogP) is 6.36. The molecule has 1 aliphatic carbocycles. The van der Waals surface area contributed by atoms with Gasteiger partial charge in [0, 0.05) is 6.04 Å². The molecule has 6 rings (SSSR count). The van der Waals surface area contributed by atoms with Gasteiger partial charge in [0.25, 0.3) is 5.56 Å². The zero-order chi connectivity index (χ0) is 25.9. The average molecular weight is 504 g/mol. The molecule has 5 aromatic rings. The van der Waals surface area contributed by atoms with Gasteiger partial charge in [0.1, 0.15) is 6.04 Å². The Kier molecular flexibility index (Phi) is 6.61. The largest absolute Gasteiger partial charge is 0.463 e. The summed E-state index contributed by atoms with van der Waals surface area (Å²) in [5.41, 5.74) is 3.91. The first kappa shape index (κ1) is 23.9. The van der Waals surface area contributed by atoms with Crippen LogP contribution in [0, 0.1) is 0 Å². The Morgan fingerprint density at radius 1 is 0.842 bits per heavy atom. The number of benzene rings is 3. The first-order valence-electron chi connectivity index (χ1n) is 13.2. The average Bonchev–Trinajstić information content (AvgIpc) is 3.50. The Balaban J connectivity index is 1.51. The summed E-state index contributed by atoms with van der Waals surface area (Å²) in [4.78, 5) is 32.7. The van der Waals surface area contributed by atoms with Crippen LogP contribution in [0.2, 0.25) is 0 Å². The Morgan fingerprint density at radius 2 is 1.55 bits per heavy atom. The highest BCUT2D eigenvalue weighted by atomic mass is 16.3. The highest BCUT2D eigenvalue weighted by Gasteiger charge is 2.30. The first-order valence-corrected chi connectivity index (χ1v) is 13.2. The lowest BCUT2D eigenvalue weighted by atomic mass is 9.94. The molecule has 1 atom stereocenters. The van der Waals surface area contributed by atoms with Crippen LogP contribution in [0.3, 0.4) is 0 Å². The first-order chi connectivity index (χ1) is 18.7. The Hall–Kier alpha value is -4.45. The van der Waals surface area contributed by atoms with Crippen molar-refractivity contribution in [3.63, 3.8) is 0 Å². The maximum atomic E-state index is 14.0. The fraction of sp³-hybridized carbons (Fsp3) is 0.219. The molecule has 1 unspecified atom stereocenters. The van der Waals surface area contributed by atoms with Gasteiger partial charge in [0.2, 0.25) is 5.91 Å². The lowest BCUT2D eigenvalue weighted by Crippen LogP contribution is -2.43. The van der Waals surface area contributed by atoms with E-state index < -0.39 is 6.04 Å². The van der Waals surface area contributed by atoms with Crippen LogP contribution in [0.5, 0.6) is 0 Å². The number of carbonyl (C=O) groups excluding carboxylic acids is 1. The molecule has 2 aromatic heterocycles. The molecule has 190 valence electrons. The molecule has 38 heavy (non-hydrogen) atoms. The van der Waals surface area contributed by atoms with Crippen molar-refractivity contribution < 1.29 is 9.21 Å². The molecule has 1 aliphatic rings. The SMILES string of the molecule is O=C(NC1CCCCC1)C(c1ccc(-c2ccccc2)cc1)n1c(=O)c(-c2ccco2)nc2ccccc21. The maximum Gasteiger partial charge on any atom is 0.281 e. The molecule has 0 aliphatic heterocycles. The molecule has 0 spiro atoms. The van der Waals surface area contributed by atoms with Gasteiger partial charge in [-0.15, -0.1) is 0 Å². The van der Waals surface area contributed by atoms with Crippen LogP contribution < -0.4 is 10.9 Å². The standard InChI is InChI=1S/C32H29N3O3/c36-31(33-25-12-5-2-6-13-25)30(24-19-17-23(18-20-24)22-10-3-1-4-11-22)35-27-15-8-7-14-26(27)34-29(32(35)37)28-16-9-21-38-28/h1,3-4,7-11,14-21,25,30H,2,5-6,12-13H2,(H,33,36). The van der Waals surface area contributed by atoms with Crippen LogP contribution in [0.25, 0.3) is 33.6 Å². The number of carbonyl (C=O) groups is 1. The normalized spacial score (nSPS) is 14.8. The van der Waals surface area contributed by atoms with Gasteiger partial charge in [0.15, 0.2) is 11.5 Å². The number of rotatable bonds is 6. The fourth-order valence-electron chi connectivity index (χ4n) is 5.42. The number of fused-ring (bicyclic) bond motifs is 1. The zero-order valence-corrected chi connectivity index (χ0v) is 21.0. The highest BCUT2D eigenvalue weighted by Crippen LogP contribution is 2.28. The van der Waals surface area contributed by atoms with Crippen molar-refractivity contribution in [2.45, 2.75) is 44.2 Å². The van der Waals surface area contributed by atoms with E-state index in [1.807, 2.05) is 66.7 Å². The van der Waals surface area contributed by atoms with Crippen molar-refractivity contribution in [2.75, 3.05) is 0 Å². The summed E-state index contributed by atoms with van der Waals surface area (Å²) in [6, 6.07) is 28.1. The monoisotopic (exact) mass is 503 g/mol. The molecule has 6 nitrogen and oxygen atoms in total. The van der Waals surface area contributed by atoms with Gasteiger partial charge in [-0.25, -0.2) is 4.98 Å². The third kappa shape index (κ3) is 4.65. The van der Waals surface area contributed by atoms with Crippen molar-refractivity contribution in [3.05, 3.63) is 113 Å². The summed E-state index contributed by atoms with van der Waals surface area (Å²) in [6.45, 7) is 0. The molecule has 0 saturated heterocycles. The van der Waals surface area contributed by atoms with E-state index in [2.05, 4.69) is 22.4 Å². The van der Waals surface area contributed by atoms with Crippen LogP contribution in [-0.4, -0.2) is 21.5 Å². The molecule has 1 N–H and O–H groups in total. The van der Waals surface area contributed by atoms with E-state index >= 15 is 0 Å². The Labute approximate surface area is 221 Å². The molecule has 2 heterocycles. The van der Waals surface area contributed by atoms with Gasteiger partial charge >= 0.3 is 0 Å². The molecule has 1 saturated carbocycles. The summed E-state index contributed by atoms with van der Waals surface area (Å²) in [7, 11) is 0. The molecule has 1 amide bonds. The van der Waals surface area contributed by atoms with Crippen molar-refractivity contribution in [3.8, 4) is 22.6 Å². The quantitative estimate of drug-likeness (QED) is 0.292. The number of amides is 1. The summed E-state index contributed by atoms with van der Waals surface area (Å²) in [6.07, 6.45) is 6.82.